The Hall–Kier alpha value is -2.80. The number of amides is 2. The summed E-state index contributed by atoms with van der Waals surface area (Å²) in [5.74, 6) is -1.43. The van der Waals surface area contributed by atoms with Gasteiger partial charge in [0.2, 0.25) is 0 Å². The van der Waals surface area contributed by atoms with Crippen LogP contribution in [0.1, 0.15) is 46.0 Å². The molecule has 0 spiro atoms. The van der Waals surface area contributed by atoms with E-state index >= 15 is 0 Å². The van der Waals surface area contributed by atoms with Gasteiger partial charge >= 0.3 is 5.97 Å². The number of carbonyl (C=O) groups is 3. The number of carboxylic acids is 1. The van der Waals surface area contributed by atoms with Crippen LogP contribution >= 0.6 is 11.8 Å². The highest BCUT2D eigenvalue weighted by atomic mass is 32.2. The Bertz CT molecular complexity index is 924. The molecular formula is C21H22N2O4S. The van der Waals surface area contributed by atoms with E-state index in [-0.39, 0.29) is 17.9 Å². The molecule has 1 aliphatic carbocycles. The van der Waals surface area contributed by atoms with Gasteiger partial charge in [-0.1, -0.05) is 18.2 Å². The van der Waals surface area contributed by atoms with Crippen molar-refractivity contribution in [3.05, 3.63) is 59.2 Å². The smallest absolute Gasteiger partial charge is 0.316 e. The summed E-state index contributed by atoms with van der Waals surface area (Å²) in [5.41, 5.74) is 2.28. The summed E-state index contributed by atoms with van der Waals surface area (Å²) in [6.07, 6.45) is 2.01. The fourth-order valence-electron chi connectivity index (χ4n) is 2.58. The second-order valence-corrected chi connectivity index (χ2v) is 8.21. The van der Waals surface area contributed by atoms with Crippen molar-refractivity contribution in [2.45, 2.75) is 42.9 Å². The van der Waals surface area contributed by atoms with Crippen LogP contribution in [0.5, 0.6) is 0 Å². The second-order valence-electron chi connectivity index (χ2n) is 6.83. The zero-order valence-corrected chi connectivity index (χ0v) is 16.5. The molecule has 28 heavy (non-hydrogen) atoms. The van der Waals surface area contributed by atoms with Gasteiger partial charge in [-0.25, -0.2) is 0 Å². The van der Waals surface area contributed by atoms with E-state index in [4.69, 9.17) is 5.11 Å². The Morgan fingerprint density at radius 3 is 2.50 bits per heavy atom. The quantitative estimate of drug-likeness (QED) is 0.618. The number of thioether (sulfide) groups is 1. The average molecular weight is 398 g/mol. The van der Waals surface area contributed by atoms with Crippen molar-refractivity contribution in [3.63, 3.8) is 0 Å². The molecule has 0 saturated heterocycles. The zero-order chi connectivity index (χ0) is 20.3. The maximum Gasteiger partial charge on any atom is 0.316 e. The molecule has 3 rings (SSSR count). The monoisotopic (exact) mass is 398 g/mol. The highest BCUT2D eigenvalue weighted by molar-refractivity contribution is 8.00. The summed E-state index contributed by atoms with van der Waals surface area (Å²) in [7, 11) is 0. The topological polar surface area (TPSA) is 95.5 Å². The van der Waals surface area contributed by atoms with E-state index in [1.54, 1.807) is 49.4 Å². The van der Waals surface area contributed by atoms with Crippen LogP contribution in [0.4, 0.5) is 5.69 Å². The van der Waals surface area contributed by atoms with Crippen LogP contribution in [0.25, 0.3) is 0 Å². The molecule has 2 amide bonds. The summed E-state index contributed by atoms with van der Waals surface area (Å²) in [4.78, 5) is 36.8. The molecule has 1 unspecified atom stereocenters. The van der Waals surface area contributed by atoms with Gasteiger partial charge in [-0.15, -0.1) is 11.8 Å². The largest absolute Gasteiger partial charge is 0.480 e. The lowest BCUT2D eigenvalue weighted by Gasteiger charge is -2.14. The van der Waals surface area contributed by atoms with Crippen molar-refractivity contribution < 1.29 is 19.5 Å². The fraction of sp³-hybridized carbons (Fsp3) is 0.286. The highest BCUT2D eigenvalue weighted by Crippen LogP contribution is 2.28. The van der Waals surface area contributed by atoms with Gasteiger partial charge in [0.1, 0.15) is 5.25 Å². The summed E-state index contributed by atoms with van der Waals surface area (Å²) in [6.45, 7) is 3.43. The molecule has 7 heteroatoms. The number of aliphatic carboxylic acids is 1. The van der Waals surface area contributed by atoms with E-state index in [0.717, 1.165) is 30.2 Å². The van der Waals surface area contributed by atoms with E-state index in [1.807, 2.05) is 6.92 Å². The van der Waals surface area contributed by atoms with E-state index in [0.29, 0.717) is 21.7 Å². The lowest BCUT2D eigenvalue weighted by atomic mass is 10.1. The third-order valence-corrected chi connectivity index (χ3v) is 5.61. The number of benzene rings is 2. The Kier molecular flexibility index (Phi) is 6.04. The summed E-state index contributed by atoms with van der Waals surface area (Å²) in [5, 5.41) is 14.2. The van der Waals surface area contributed by atoms with Crippen LogP contribution in [-0.2, 0) is 4.79 Å². The fourth-order valence-corrected chi connectivity index (χ4v) is 3.51. The molecule has 6 nitrogen and oxygen atoms in total. The number of carboxylic acid groups (broad SMARTS) is 1. The SMILES string of the molecule is Cc1ccc(C(=O)NC2CC2)cc1NC(=O)c1ccccc1SC(C)C(=O)O. The molecule has 1 fully saturated rings. The molecule has 1 saturated carbocycles. The Balaban J connectivity index is 1.79. The summed E-state index contributed by atoms with van der Waals surface area (Å²) in [6, 6.07) is 12.3. The van der Waals surface area contributed by atoms with Crippen LogP contribution in [0.3, 0.4) is 0 Å². The molecule has 0 heterocycles. The first-order valence-corrected chi connectivity index (χ1v) is 9.94. The molecule has 2 aromatic rings. The van der Waals surface area contributed by atoms with Crippen molar-refractivity contribution in [2.24, 2.45) is 0 Å². The molecule has 0 aliphatic heterocycles. The van der Waals surface area contributed by atoms with E-state index in [2.05, 4.69) is 10.6 Å². The Morgan fingerprint density at radius 2 is 1.82 bits per heavy atom. The number of nitrogens with one attached hydrogen (secondary N) is 2. The number of rotatable bonds is 7. The molecule has 2 aromatic carbocycles. The van der Waals surface area contributed by atoms with Gasteiger partial charge in [-0.05, 0) is 56.5 Å². The van der Waals surface area contributed by atoms with E-state index in [9.17, 15) is 14.4 Å². The summed E-state index contributed by atoms with van der Waals surface area (Å²) >= 11 is 1.12. The van der Waals surface area contributed by atoms with Crippen LogP contribution in [0, 0.1) is 6.92 Å². The standard InChI is InChI=1S/C21H22N2O4S/c1-12-7-8-14(19(24)22-15-9-10-15)11-17(12)23-20(25)16-5-3-4-6-18(16)28-13(2)21(26)27/h3-8,11,13,15H,9-10H2,1-2H3,(H,22,24)(H,23,25)(H,26,27). The minimum atomic E-state index is -0.939. The maximum absolute atomic E-state index is 12.8. The third-order valence-electron chi connectivity index (χ3n) is 4.44. The number of aryl methyl sites for hydroxylation is 1. The number of hydrogen-bond donors (Lipinski definition) is 3. The lowest BCUT2D eigenvalue weighted by Crippen LogP contribution is -2.25. The van der Waals surface area contributed by atoms with Crippen molar-refractivity contribution >= 4 is 35.2 Å². The van der Waals surface area contributed by atoms with Crippen molar-refractivity contribution in [1.82, 2.24) is 5.32 Å². The van der Waals surface area contributed by atoms with Gasteiger partial charge in [-0.3, -0.25) is 14.4 Å². The normalized spacial score (nSPS) is 14.2. The third kappa shape index (κ3) is 4.92. The van der Waals surface area contributed by atoms with E-state index in [1.165, 1.54) is 0 Å². The van der Waals surface area contributed by atoms with Gasteiger partial charge in [-0.2, -0.15) is 0 Å². The first-order chi connectivity index (χ1) is 13.3. The average Bonchev–Trinajstić information content (AvgIpc) is 3.47. The number of hydrogen-bond acceptors (Lipinski definition) is 4. The molecule has 1 atom stereocenters. The Morgan fingerprint density at radius 1 is 1.11 bits per heavy atom. The van der Waals surface area contributed by atoms with Gasteiger partial charge < -0.3 is 15.7 Å². The van der Waals surface area contributed by atoms with Crippen LogP contribution in [0.2, 0.25) is 0 Å². The van der Waals surface area contributed by atoms with Crippen molar-refractivity contribution in [1.29, 1.82) is 0 Å². The van der Waals surface area contributed by atoms with Crippen LogP contribution in [0.15, 0.2) is 47.4 Å². The minimum absolute atomic E-state index is 0.149. The van der Waals surface area contributed by atoms with Crippen molar-refractivity contribution in [2.75, 3.05) is 5.32 Å². The van der Waals surface area contributed by atoms with Crippen LogP contribution in [-0.4, -0.2) is 34.2 Å². The second kappa shape index (κ2) is 8.48. The predicted molar refractivity (Wildman–Crippen MR) is 109 cm³/mol. The molecule has 0 bridgehead atoms. The highest BCUT2D eigenvalue weighted by Gasteiger charge is 2.24. The Labute approximate surface area is 167 Å². The minimum Gasteiger partial charge on any atom is -0.480 e. The molecule has 0 aromatic heterocycles. The van der Waals surface area contributed by atoms with Crippen molar-refractivity contribution in [3.8, 4) is 0 Å². The van der Waals surface area contributed by atoms with Crippen LogP contribution < -0.4 is 10.6 Å². The first kappa shape index (κ1) is 19.9. The summed E-state index contributed by atoms with van der Waals surface area (Å²) < 4.78 is 0. The van der Waals surface area contributed by atoms with E-state index < -0.39 is 11.2 Å². The first-order valence-electron chi connectivity index (χ1n) is 9.06. The molecule has 0 radical (unpaired) electrons. The molecular weight excluding hydrogens is 376 g/mol. The van der Waals surface area contributed by atoms with Gasteiger partial charge in [0.05, 0.1) is 5.56 Å². The molecule has 146 valence electrons. The van der Waals surface area contributed by atoms with Gasteiger partial charge in [0, 0.05) is 22.2 Å². The predicted octanol–water partition coefficient (Wildman–Crippen LogP) is 3.70. The number of carbonyl (C=O) groups excluding carboxylic acids is 2. The molecule has 3 N–H and O–H groups in total. The number of anilines is 1. The maximum atomic E-state index is 12.8. The molecule has 1 aliphatic rings. The lowest BCUT2D eigenvalue weighted by molar-refractivity contribution is -0.136. The van der Waals surface area contributed by atoms with Gasteiger partial charge in [0.15, 0.2) is 0 Å². The van der Waals surface area contributed by atoms with Gasteiger partial charge in [0.25, 0.3) is 11.8 Å². The zero-order valence-electron chi connectivity index (χ0n) is 15.7.